The number of hydrogen-bond donors (Lipinski definition) is 1. The molecule has 2 aromatic heterocycles. The molecule has 5 rings (SSSR count). The van der Waals surface area contributed by atoms with Crippen LogP contribution in [-0.4, -0.2) is 46.5 Å². The van der Waals surface area contributed by atoms with E-state index in [2.05, 4.69) is 25.1 Å². The summed E-state index contributed by atoms with van der Waals surface area (Å²) in [6.07, 6.45) is 5.14. The second-order valence-corrected chi connectivity index (χ2v) is 7.77. The first-order valence-corrected chi connectivity index (χ1v) is 9.51. The van der Waals surface area contributed by atoms with Gasteiger partial charge in [0.25, 0.3) is 0 Å². The third-order valence-corrected chi connectivity index (χ3v) is 6.18. The average molecular weight is 388 g/mol. The van der Waals surface area contributed by atoms with Gasteiger partial charge < -0.3 is 9.64 Å². The molecular weight excluding hydrogens is 369 g/mol. The largest absolute Gasteiger partial charge is 0.381 e. The number of aromatic amines is 1. The molecule has 2 fully saturated rings. The molecule has 1 spiro atoms. The first-order chi connectivity index (χ1) is 13.2. The van der Waals surface area contributed by atoms with E-state index < -0.39 is 5.82 Å². The van der Waals surface area contributed by atoms with Crippen molar-refractivity contribution < 1.29 is 9.13 Å². The first-order valence-electron chi connectivity index (χ1n) is 9.13. The van der Waals surface area contributed by atoms with Crippen LogP contribution in [0, 0.1) is 11.2 Å². The Morgan fingerprint density at radius 3 is 2.85 bits per heavy atom. The summed E-state index contributed by atoms with van der Waals surface area (Å²) in [6.45, 7) is 3.65. The van der Waals surface area contributed by atoms with Crippen molar-refractivity contribution in [1.29, 1.82) is 0 Å². The predicted molar refractivity (Wildman–Crippen MR) is 101 cm³/mol. The number of ether oxygens (including phenoxy) is 1. The van der Waals surface area contributed by atoms with Gasteiger partial charge in [0.15, 0.2) is 5.65 Å². The van der Waals surface area contributed by atoms with E-state index in [1.807, 2.05) is 0 Å². The summed E-state index contributed by atoms with van der Waals surface area (Å²) in [5.74, 6) is 0.352. The van der Waals surface area contributed by atoms with Gasteiger partial charge in [-0.1, -0.05) is 23.7 Å². The fraction of sp³-hybridized carbons (Fsp3) is 0.421. The highest BCUT2D eigenvalue weighted by Gasteiger charge is 2.38. The van der Waals surface area contributed by atoms with Gasteiger partial charge in [-0.05, 0) is 30.7 Å². The summed E-state index contributed by atoms with van der Waals surface area (Å²) in [6, 6.07) is 4.66. The molecule has 0 unspecified atom stereocenters. The van der Waals surface area contributed by atoms with Gasteiger partial charge in [0, 0.05) is 25.3 Å². The summed E-state index contributed by atoms with van der Waals surface area (Å²) >= 11 is 6.10. The van der Waals surface area contributed by atoms with Crippen LogP contribution in [0.1, 0.15) is 19.3 Å². The molecule has 0 radical (unpaired) electrons. The minimum atomic E-state index is -0.479. The maximum absolute atomic E-state index is 13.8. The molecule has 6 nitrogen and oxygen atoms in total. The number of nitrogens with zero attached hydrogens (tertiary/aromatic N) is 4. The zero-order valence-corrected chi connectivity index (χ0v) is 15.5. The summed E-state index contributed by atoms with van der Waals surface area (Å²) in [5, 5.41) is 7.22. The standard InChI is InChI=1S/C19H19ClFN5O/c20-15-12(2-1-3-13(15)21)16-17-18(25-24-16)23-14(10-22-17)26-7-4-19(5-8-26)6-9-27-11-19/h1-3,10H,4-9,11H2,(H,23,24,25). The molecule has 0 amide bonds. The number of nitrogens with one attached hydrogen (secondary N) is 1. The molecule has 1 aromatic carbocycles. The van der Waals surface area contributed by atoms with Gasteiger partial charge in [0.2, 0.25) is 0 Å². The molecule has 2 aliphatic rings. The average Bonchev–Trinajstić information content (AvgIpc) is 3.31. The van der Waals surface area contributed by atoms with Crippen LogP contribution in [0.25, 0.3) is 22.4 Å². The molecule has 1 N–H and O–H groups in total. The Kier molecular flexibility index (Phi) is 4.02. The third kappa shape index (κ3) is 2.85. The second-order valence-electron chi connectivity index (χ2n) is 7.39. The van der Waals surface area contributed by atoms with Crippen molar-refractivity contribution in [2.24, 2.45) is 5.41 Å². The molecule has 27 heavy (non-hydrogen) atoms. The predicted octanol–water partition coefficient (Wildman–Crippen LogP) is 3.82. The minimum Gasteiger partial charge on any atom is -0.381 e. The van der Waals surface area contributed by atoms with Gasteiger partial charge in [0.05, 0.1) is 17.8 Å². The Morgan fingerprint density at radius 2 is 2.07 bits per heavy atom. The zero-order valence-electron chi connectivity index (χ0n) is 14.7. The molecule has 2 aliphatic heterocycles. The molecule has 0 atom stereocenters. The van der Waals surface area contributed by atoms with Crippen LogP contribution in [0.3, 0.4) is 0 Å². The Morgan fingerprint density at radius 1 is 1.22 bits per heavy atom. The van der Waals surface area contributed by atoms with Crippen molar-refractivity contribution in [2.75, 3.05) is 31.2 Å². The van der Waals surface area contributed by atoms with Crippen molar-refractivity contribution in [2.45, 2.75) is 19.3 Å². The maximum atomic E-state index is 13.8. The van der Waals surface area contributed by atoms with E-state index in [1.54, 1.807) is 18.3 Å². The van der Waals surface area contributed by atoms with Gasteiger partial charge in [-0.3, -0.25) is 5.10 Å². The second kappa shape index (κ2) is 6.42. The molecule has 140 valence electrons. The van der Waals surface area contributed by atoms with Crippen LogP contribution < -0.4 is 4.90 Å². The molecular formula is C19H19ClFN5O. The lowest BCUT2D eigenvalue weighted by atomic mass is 9.78. The van der Waals surface area contributed by atoms with E-state index in [9.17, 15) is 4.39 Å². The zero-order chi connectivity index (χ0) is 18.4. The van der Waals surface area contributed by atoms with Gasteiger partial charge in [-0.15, -0.1) is 0 Å². The van der Waals surface area contributed by atoms with Crippen molar-refractivity contribution in [1.82, 2.24) is 20.2 Å². The first kappa shape index (κ1) is 16.9. The molecule has 0 aliphatic carbocycles. The molecule has 0 bridgehead atoms. The Hall–Kier alpha value is -2.25. The van der Waals surface area contributed by atoms with E-state index in [-0.39, 0.29) is 5.02 Å². The molecule has 2 saturated heterocycles. The van der Waals surface area contributed by atoms with Gasteiger partial charge in [-0.2, -0.15) is 5.10 Å². The highest BCUT2D eigenvalue weighted by atomic mass is 35.5. The summed E-state index contributed by atoms with van der Waals surface area (Å²) in [5.41, 5.74) is 2.53. The number of aromatic nitrogens is 4. The van der Waals surface area contributed by atoms with Crippen LogP contribution in [0.2, 0.25) is 5.02 Å². The van der Waals surface area contributed by atoms with E-state index in [0.29, 0.717) is 27.8 Å². The normalized spacial score (nSPS) is 19.3. The van der Waals surface area contributed by atoms with Crippen LogP contribution in [0.5, 0.6) is 0 Å². The minimum absolute atomic E-state index is 0.0388. The SMILES string of the molecule is Fc1cccc(-c2n[nH]c3nc(N4CCC5(CCOC5)CC4)cnc23)c1Cl. The maximum Gasteiger partial charge on any atom is 0.177 e. The van der Waals surface area contributed by atoms with E-state index in [1.165, 1.54) is 6.07 Å². The fourth-order valence-corrected chi connectivity index (χ4v) is 4.29. The lowest BCUT2D eigenvalue weighted by Crippen LogP contribution is -2.40. The molecule has 0 saturated carbocycles. The number of hydrogen-bond acceptors (Lipinski definition) is 5. The van der Waals surface area contributed by atoms with E-state index >= 15 is 0 Å². The van der Waals surface area contributed by atoms with Gasteiger partial charge >= 0.3 is 0 Å². The third-order valence-electron chi connectivity index (χ3n) is 5.80. The van der Waals surface area contributed by atoms with Crippen LogP contribution in [-0.2, 0) is 4.74 Å². The molecule has 3 aromatic rings. The Balaban J connectivity index is 1.43. The van der Waals surface area contributed by atoms with E-state index in [0.717, 1.165) is 51.4 Å². The van der Waals surface area contributed by atoms with Gasteiger partial charge in [-0.25, -0.2) is 14.4 Å². The van der Waals surface area contributed by atoms with Crippen molar-refractivity contribution in [3.05, 3.63) is 35.2 Å². The van der Waals surface area contributed by atoms with E-state index in [4.69, 9.17) is 16.3 Å². The topological polar surface area (TPSA) is 66.9 Å². The van der Waals surface area contributed by atoms with Crippen molar-refractivity contribution >= 4 is 28.6 Å². The monoisotopic (exact) mass is 387 g/mol. The van der Waals surface area contributed by atoms with Gasteiger partial charge in [0.1, 0.15) is 22.8 Å². The van der Waals surface area contributed by atoms with Crippen molar-refractivity contribution in [3.63, 3.8) is 0 Å². The number of H-pyrrole nitrogens is 1. The number of anilines is 1. The highest BCUT2D eigenvalue weighted by molar-refractivity contribution is 6.33. The number of fused-ring (bicyclic) bond motifs is 1. The Labute approximate surface area is 160 Å². The van der Waals surface area contributed by atoms with Crippen LogP contribution in [0.4, 0.5) is 10.2 Å². The summed E-state index contributed by atoms with van der Waals surface area (Å²) in [7, 11) is 0. The number of rotatable bonds is 2. The Bertz CT molecular complexity index is 991. The number of benzene rings is 1. The molecule has 4 heterocycles. The quantitative estimate of drug-likeness (QED) is 0.724. The van der Waals surface area contributed by atoms with Crippen molar-refractivity contribution in [3.8, 4) is 11.3 Å². The summed E-state index contributed by atoms with van der Waals surface area (Å²) in [4.78, 5) is 11.5. The molecule has 8 heteroatoms. The lowest BCUT2D eigenvalue weighted by Gasteiger charge is -2.38. The number of halogens is 2. The number of piperidine rings is 1. The van der Waals surface area contributed by atoms with Crippen LogP contribution in [0.15, 0.2) is 24.4 Å². The van der Waals surface area contributed by atoms with Crippen LogP contribution >= 0.6 is 11.6 Å². The lowest BCUT2D eigenvalue weighted by molar-refractivity contribution is 0.133. The highest BCUT2D eigenvalue weighted by Crippen LogP contribution is 2.40. The smallest absolute Gasteiger partial charge is 0.177 e. The summed E-state index contributed by atoms with van der Waals surface area (Å²) < 4.78 is 19.4. The fourth-order valence-electron chi connectivity index (χ4n) is 4.07.